The Balaban J connectivity index is 4.16. The zero-order chi connectivity index (χ0) is 37.1. The number of alkyl halides is 19. The van der Waals surface area contributed by atoms with Crippen molar-refractivity contribution in [3.63, 3.8) is 0 Å². The van der Waals surface area contributed by atoms with Crippen molar-refractivity contribution in [1.82, 2.24) is 0 Å². The molecule has 0 radical (unpaired) electrons. The maximum absolute atomic E-state index is 14.7. The number of carbonyl (C=O) groups is 1. The molecule has 0 aromatic heterocycles. The van der Waals surface area contributed by atoms with Gasteiger partial charge in [0.15, 0.2) is 0 Å². The molecule has 0 atom stereocenters. The Hall–Kier alpha value is -4.04. The number of nitro groups is 2. The number of hydrogen-bond acceptors (Lipinski definition) is 7. The maximum atomic E-state index is 14.7. The van der Waals surface area contributed by atoms with Crippen molar-refractivity contribution in [2.75, 3.05) is 0 Å². The lowest BCUT2D eigenvalue weighted by Gasteiger charge is -2.52. The lowest BCUT2D eigenvalue weighted by Crippen LogP contribution is -2.83. The topological polar surface area (TPSA) is 122 Å². The van der Waals surface area contributed by atoms with Crippen LogP contribution in [0.5, 0.6) is 5.75 Å². The van der Waals surface area contributed by atoms with Crippen molar-refractivity contribution >= 4 is 17.5 Å². The molecule has 28 heteroatoms. The van der Waals surface area contributed by atoms with Crippen LogP contribution in [-0.2, 0) is 11.2 Å². The van der Waals surface area contributed by atoms with Crippen molar-refractivity contribution in [2.24, 2.45) is 5.41 Å². The summed E-state index contributed by atoms with van der Waals surface area (Å²) in [5, 5.41) is 22.1. The summed E-state index contributed by atoms with van der Waals surface area (Å²) in [7, 11) is 0. The third kappa shape index (κ3) is 5.72. The highest BCUT2D eigenvalue weighted by atomic mass is 19.4. The molecule has 0 unspecified atom stereocenters. The van der Waals surface area contributed by atoms with Gasteiger partial charge in [-0.3, -0.25) is 20.2 Å². The van der Waals surface area contributed by atoms with Gasteiger partial charge in [0.25, 0.3) is 5.41 Å². The molecule has 0 amide bonds. The fraction of sp³-hybridized carbons (Fsp3) is 0.611. The minimum atomic E-state index is -10.0. The van der Waals surface area contributed by atoms with Crippen LogP contribution in [0.15, 0.2) is 12.1 Å². The molecule has 0 N–H and O–H groups in total. The van der Waals surface area contributed by atoms with Gasteiger partial charge >= 0.3 is 65.9 Å². The van der Waals surface area contributed by atoms with Crippen LogP contribution in [0.1, 0.15) is 12.5 Å². The summed E-state index contributed by atoms with van der Waals surface area (Å²) in [6, 6.07) is -0.271. The standard InChI is InChI=1S/C18H7F19N2O7/c1-2-5-3-6(4-7(38(41)42)8(5)39(43)44)45-9(40)46-18(36,37)14(25,26)10(11(19,20)15(27,28)29,12(21,22)16(30,31)32)13(23,24)17(33,34)35/h3-4H,2H2,1H3. The van der Waals surface area contributed by atoms with Gasteiger partial charge in [-0.2, -0.15) is 83.4 Å². The van der Waals surface area contributed by atoms with Crippen LogP contribution >= 0.6 is 0 Å². The number of halogens is 19. The Morgan fingerprint density at radius 1 is 0.652 bits per heavy atom. The molecule has 0 aliphatic rings. The molecule has 0 fully saturated rings. The van der Waals surface area contributed by atoms with E-state index in [0.717, 1.165) is 6.92 Å². The highest BCUT2D eigenvalue weighted by molar-refractivity contribution is 5.68. The van der Waals surface area contributed by atoms with E-state index >= 15 is 0 Å². The minimum Gasteiger partial charge on any atom is -0.395 e. The number of benzene rings is 1. The van der Waals surface area contributed by atoms with Crippen molar-refractivity contribution in [3.05, 3.63) is 37.9 Å². The highest BCUT2D eigenvalue weighted by Gasteiger charge is 3.05. The smallest absolute Gasteiger partial charge is 0.395 e. The van der Waals surface area contributed by atoms with Crippen LogP contribution in [-0.4, -0.2) is 64.3 Å². The minimum absolute atomic E-state index is 0.0559. The molecule has 1 aromatic carbocycles. The average molecular weight is 724 g/mol. The van der Waals surface area contributed by atoms with Crippen LogP contribution in [0.2, 0.25) is 0 Å². The number of hydrogen-bond donors (Lipinski definition) is 0. The first-order chi connectivity index (χ1) is 20.0. The summed E-state index contributed by atoms with van der Waals surface area (Å²) < 4.78 is 265. The van der Waals surface area contributed by atoms with Gasteiger partial charge in [-0.25, -0.2) is 4.79 Å². The Labute approximate surface area is 237 Å². The first-order valence-electron chi connectivity index (χ1n) is 10.5. The van der Waals surface area contributed by atoms with Crippen LogP contribution < -0.4 is 4.74 Å². The van der Waals surface area contributed by atoms with Gasteiger partial charge in [0, 0.05) is 5.56 Å². The largest absolute Gasteiger partial charge is 0.518 e. The van der Waals surface area contributed by atoms with E-state index < -0.39 is 98.9 Å². The molecular weight excluding hydrogens is 717 g/mol. The third-order valence-corrected chi connectivity index (χ3v) is 5.63. The first-order valence-corrected chi connectivity index (χ1v) is 10.5. The van der Waals surface area contributed by atoms with Crippen molar-refractivity contribution in [2.45, 2.75) is 61.7 Å². The van der Waals surface area contributed by atoms with Crippen LogP contribution in [0.4, 0.5) is 99.6 Å². The molecule has 0 aliphatic carbocycles. The second-order valence-corrected chi connectivity index (χ2v) is 8.33. The Morgan fingerprint density at radius 2 is 1.02 bits per heavy atom. The van der Waals surface area contributed by atoms with E-state index in [0.29, 0.717) is 0 Å². The molecule has 1 aromatic rings. The number of rotatable bonds is 10. The predicted molar refractivity (Wildman–Crippen MR) is 102 cm³/mol. The number of aryl methyl sites for hydroxylation is 1. The lowest BCUT2D eigenvalue weighted by atomic mass is 9.63. The number of nitrogens with zero attached hydrogens (tertiary/aromatic N) is 2. The van der Waals surface area contributed by atoms with E-state index in [4.69, 9.17) is 0 Å². The molecule has 1 rings (SSSR count). The van der Waals surface area contributed by atoms with Crippen molar-refractivity contribution in [1.29, 1.82) is 0 Å². The average Bonchev–Trinajstić information content (AvgIpc) is 2.80. The highest BCUT2D eigenvalue weighted by Crippen LogP contribution is 2.75. The summed E-state index contributed by atoms with van der Waals surface area (Å²) in [5.41, 5.74) is -14.1. The van der Waals surface area contributed by atoms with Crippen LogP contribution in [0.25, 0.3) is 0 Å². The SMILES string of the molecule is CCc1cc(OC(=O)OC(F)(F)C(F)(F)C(C(F)(F)C(F)(F)F)(C(F)(F)C(F)(F)F)C(F)(F)C(F)(F)F)cc([N+](=O)[O-])c1[N+](=O)[O-]. The van der Waals surface area contributed by atoms with Gasteiger partial charge in [-0.1, -0.05) is 6.92 Å². The maximum Gasteiger partial charge on any atom is 0.518 e. The van der Waals surface area contributed by atoms with Gasteiger partial charge in [0.1, 0.15) is 5.75 Å². The zero-order valence-electron chi connectivity index (χ0n) is 20.8. The van der Waals surface area contributed by atoms with E-state index in [1.807, 2.05) is 0 Å². The molecule has 0 saturated carbocycles. The summed E-state index contributed by atoms with van der Waals surface area (Å²) in [4.78, 5) is 30.6. The first kappa shape index (κ1) is 40.0. The van der Waals surface area contributed by atoms with Crippen molar-refractivity contribution in [3.8, 4) is 5.75 Å². The third-order valence-electron chi connectivity index (χ3n) is 5.63. The fourth-order valence-electron chi connectivity index (χ4n) is 3.65. The van der Waals surface area contributed by atoms with E-state index in [9.17, 15) is 108 Å². The normalized spacial score (nSPS) is 14.6. The second-order valence-electron chi connectivity index (χ2n) is 8.33. The van der Waals surface area contributed by atoms with E-state index in [2.05, 4.69) is 9.47 Å². The monoisotopic (exact) mass is 724 g/mol. The lowest BCUT2D eigenvalue weighted by molar-refractivity contribution is -0.536. The molecule has 264 valence electrons. The Morgan fingerprint density at radius 3 is 1.30 bits per heavy atom. The van der Waals surface area contributed by atoms with E-state index in [-0.39, 0.29) is 12.1 Å². The zero-order valence-corrected chi connectivity index (χ0v) is 20.8. The quantitative estimate of drug-likeness (QED) is 0.0782. The van der Waals surface area contributed by atoms with Gasteiger partial charge in [-0.15, -0.1) is 0 Å². The summed E-state index contributed by atoms with van der Waals surface area (Å²) >= 11 is 0. The van der Waals surface area contributed by atoms with Crippen LogP contribution in [0, 0.1) is 25.6 Å². The Bertz CT molecular complexity index is 1300. The molecule has 0 saturated heterocycles. The van der Waals surface area contributed by atoms with Crippen LogP contribution in [0.3, 0.4) is 0 Å². The number of ether oxygens (including phenoxy) is 2. The summed E-state index contributed by atoms with van der Waals surface area (Å²) in [6.07, 6.45) is -39.4. The number of carbonyl (C=O) groups excluding carboxylic acids is 1. The summed E-state index contributed by atoms with van der Waals surface area (Å²) in [6.45, 7) is 0.935. The molecule has 0 aliphatic heterocycles. The predicted octanol–water partition coefficient (Wildman–Crippen LogP) is 8.39. The van der Waals surface area contributed by atoms with Gasteiger partial charge < -0.3 is 9.47 Å². The molecular formula is C18H7F19N2O7. The van der Waals surface area contributed by atoms with E-state index in [1.54, 1.807) is 0 Å². The molecule has 0 heterocycles. The Kier molecular flexibility index (Phi) is 9.85. The molecule has 0 bridgehead atoms. The summed E-state index contributed by atoms with van der Waals surface area (Å²) in [5.74, 6) is -39.8. The number of nitro benzene ring substituents is 2. The van der Waals surface area contributed by atoms with Gasteiger partial charge in [-0.05, 0) is 12.5 Å². The molecule has 0 spiro atoms. The van der Waals surface area contributed by atoms with Gasteiger partial charge in [0.05, 0.1) is 15.9 Å². The fourth-order valence-corrected chi connectivity index (χ4v) is 3.65. The molecule has 9 nitrogen and oxygen atoms in total. The second kappa shape index (κ2) is 11.3. The molecule has 46 heavy (non-hydrogen) atoms. The van der Waals surface area contributed by atoms with E-state index in [1.165, 1.54) is 0 Å². The van der Waals surface area contributed by atoms with Crippen molar-refractivity contribution < 1.29 is 108 Å². The van der Waals surface area contributed by atoms with Gasteiger partial charge in [0.2, 0.25) is 0 Å².